The first kappa shape index (κ1) is 15.2. The number of carbonyl (C=O) groups is 2. The van der Waals surface area contributed by atoms with Crippen LogP contribution in [-0.4, -0.2) is 39.2 Å². The predicted molar refractivity (Wildman–Crippen MR) is 74.2 cm³/mol. The fourth-order valence-electron chi connectivity index (χ4n) is 2.29. The average molecular weight is 294 g/mol. The Kier molecular flexibility index (Phi) is 4.67. The van der Waals surface area contributed by atoms with Gasteiger partial charge in [-0.1, -0.05) is 0 Å². The van der Waals surface area contributed by atoms with E-state index in [9.17, 15) is 9.59 Å². The molecule has 1 aromatic carbocycles. The van der Waals surface area contributed by atoms with E-state index in [-0.39, 0.29) is 11.3 Å². The number of benzene rings is 1. The van der Waals surface area contributed by atoms with Gasteiger partial charge < -0.3 is 18.9 Å². The molecule has 1 aliphatic rings. The van der Waals surface area contributed by atoms with Gasteiger partial charge in [0.2, 0.25) is 0 Å². The van der Waals surface area contributed by atoms with Crippen molar-refractivity contribution in [3.63, 3.8) is 0 Å². The molecular formula is C15H18O6. The Bertz CT molecular complexity index is 551. The van der Waals surface area contributed by atoms with Crippen LogP contribution < -0.4 is 14.2 Å². The van der Waals surface area contributed by atoms with Gasteiger partial charge in [-0.05, 0) is 12.8 Å². The molecule has 0 heterocycles. The minimum absolute atomic E-state index is 0.0391. The van der Waals surface area contributed by atoms with Crippen LogP contribution in [-0.2, 0) is 9.53 Å². The molecule has 1 atom stereocenters. The van der Waals surface area contributed by atoms with Gasteiger partial charge in [0.15, 0.2) is 23.4 Å². The summed E-state index contributed by atoms with van der Waals surface area (Å²) >= 11 is 0. The maximum atomic E-state index is 12.2. The van der Waals surface area contributed by atoms with Crippen molar-refractivity contribution < 1.29 is 28.5 Å². The summed E-state index contributed by atoms with van der Waals surface area (Å²) in [6.07, 6.45) is 1.12. The van der Waals surface area contributed by atoms with Crippen LogP contribution in [0, 0.1) is 0 Å². The fraction of sp³-hybridized carbons (Fsp3) is 0.467. The van der Waals surface area contributed by atoms with Crippen molar-refractivity contribution in [2.24, 2.45) is 0 Å². The van der Waals surface area contributed by atoms with E-state index in [1.54, 1.807) is 6.07 Å². The third-order valence-electron chi connectivity index (χ3n) is 3.42. The first-order valence-electron chi connectivity index (χ1n) is 6.64. The van der Waals surface area contributed by atoms with Crippen LogP contribution in [0.4, 0.5) is 0 Å². The van der Waals surface area contributed by atoms with Crippen LogP contribution in [0.15, 0.2) is 12.1 Å². The van der Waals surface area contributed by atoms with Crippen molar-refractivity contribution in [1.82, 2.24) is 0 Å². The number of hydrogen-bond acceptors (Lipinski definition) is 6. The van der Waals surface area contributed by atoms with Crippen molar-refractivity contribution in [2.75, 3.05) is 21.3 Å². The summed E-state index contributed by atoms with van der Waals surface area (Å²) < 4.78 is 20.8. The first-order chi connectivity index (χ1) is 10.1. The summed E-state index contributed by atoms with van der Waals surface area (Å²) in [7, 11) is 4.41. The second kappa shape index (κ2) is 6.47. The van der Waals surface area contributed by atoms with Gasteiger partial charge in [0.1, 0.15) is 11.3 Å². The highest BCUT2D eigenvalue weighted by atomic mass is 16.6. The largest absolute Gasteiger partial charge is 0.496 e. The molecule has 0 amide bonds. The Labute approximate surface area is 122 Å². The Morgan fingerprint density at radius 3 is 2.19 bits per heavy atom. The van der Waals surface area contributed by atoms with Gasteiger partial charge in [0.25, 0.3) is 0 Å². The van der Waals surface area contributed by atoms with E-state index >= 15 is 0 Å². The molecule has 0 unspecified atom stereocenters. The molecule has 0 bridgehead atoms. The normalized spacial score (nSPS) is 17.5. The average Bonchev–Trinajstić information content (AvgIpc) is 2.90. The number of esters is 1. The number of hydrogen-bond donors (Lipinski definition) is 0. The number of carbonyl (C=O) groups excluding carboxylic acids is 2. The van der Waals surface area contributed by atoms with Gasteiger partial charge in [-0.2, -0.15) is 0 Å². The van der Waals surface area contributed by atoms with E-state index in [1.807, 2.05) is 0 Å². The van der Waals surface area contributed by atoms with Gasteiger partial charge in [0, 0.05) is 18.6 Å². The second-order valence-corrected chi connectivity index (χ2v) is 4.66. The van der Waals surface area contributed by atoms with Gasteiger partial charge in [-0.25, -0.2) is 4.79 Å². The summed E-state index contributed by atoms with van der Waals surface area (Å²) in [6, 6.07) is 3.03. The van der Waals surface area contributed by atoms with Crippen molar-refractivity contribution in [3.05, 3.63) is 17.7 Å². The van der Waals surface area contributed by atoms with Gasteiger partial charge in [-0.3, -0.25) is 4.79 Å². The van der Waals surface area contributed by atoms with Crippen LogP contribution in [0.2, 0.25) is 0 Å². The van der Waals surface area contributed by atoms with Gasteiger partial charge in [-0.15, -0.1) is 0 Å². The molecule has 6 nitrogen and oxygen atoms in total. The summed E-state index contributed by atoms with van der Waals surface area (Å²) in [5.74, 6) is 0.504. The van der Waals surface area contributed by atoms with Crippen molar-refractivity contribution in [2.45, 2.75) is 25.4 Å². The molecule has 0 saturated heterocycles. The van der Waals surface area contributed by atoms with Crippen molar-refractivity contribution >= 4 is 11.8 Å². The molecule has 0 aliphatic heterocycles. The predicted octanol–water partition coefficient (Wildman–Crippen LogP) is 1.99. The lowest BCUT2D eigenvalue weighted by Gasteiger charge is -2.15. The minimum atomic E-state index is -0.657. The Balaban J connectivity index is 2.28. The standard InChI is InChI=1S/C15H18O6/c1-18-12-8-14(20-3)13(19-2)7-9(12)15(17)21-11-6-4-5-10(11)16/h7-8,11H,4-6H2,1-3H3/t11-/m1/s1. The van der Waals surface area contributed by atoms with E-state index in [0.29, 0.717) is 30.1 Å². The molecule has 0 radical (unpaired) electrons. The Morgan fingerprint density at radius 2 is 1.67 bits per heavy atom. The molecular weight excluding hydrogens is 276 g/mol. The zero-order valence-electron chi connectivity index (χ0n) is 12.3. The number of methoxy groups -OCH3 is 3. The zero-order chi connectivity index (χ0) is 15.4. The quantitative estimate of drug-likeness (QED) is 0.773. The molecule has 0 aromatic heterocycles. The lowest BCUT2D eigenvalue weighted by Crippen LogP contribution is -2.22. The molecule has 6 heteroatoms. The number of ether oxygens (including phenoxy) is 4. The van der Waals surface area contributed by atoms with E-state index in [2.05, 4.69) is 0 Å². The van der Waals surface area contributed by atoms with Crippen LogP contribution >= 0.6 is 0 Å². The third-order valence-corrected chi connectivity index (χ3v) is 3.42. The molecule has 1 saturated carbocycles. The number of ketones is 1. The smallest absolute Gasteiger partial charge is 0.342 e. The van der Waals surface area contributed by atoms with E-state index in [1.165, 1.54) is 27.4 Å². The second-order valence-electron chi connectivity index (χ2n) is 4.66. The molecule has 1 aromatic rings. The van der Waals surface area contributed by atoms with Crippen molar-refractivity contribution in [3.8, 4) is 17.2 Å². The molecule has 21 heavy (non-hydrogen) atoms. The van der Waals surface area contributed by atoms with E-state index < -0.39 is 12.1 Å². The molecule has 114 valence electrons. The summed E-state index contributed by atoms with van der Waals surface area (Å²) in [5.41, 5.74) is 0.204. The van der Waals surface area contributed by atoms with Crippen LogP contribution in [0.25, 0.3) is 0 Å². The highest BCUT2D eigenvalue weighted by Gasteiger charge is 2.29. The summed E-state index contributed by atoms with van der Waals surface area (Å²) in [6.45, 7) is 0. The van der Waals surface area contributed by atoms with Crippen LogP contribution in [0.5, 0.6) is 17.2 Å². The van der Waals surface area contributed by atoms with E-state index in [4.69, 9.17) is 18.9 Å². The van der Waals surface area contributed by atoms with E-state index in [0.717, 1.165) is 6.42 Å². The topological polar surface area (TPSA) is 71.1 Å². The molecule has 2 rings (SSSR count). The highest BCUT2D eigenvalue weighted by molar-refractivity contribution is 5.96. The van der Waals surface area contributed by atoms with Gasteiger partial charge >= 0.3 is 5.97 Å². The summed E-state index contributed by atoms with van der Waals surface area (Å²) in [5, 5.41) is 0. The lowest BCUT2D eigenvalue weighted by atomic mass is 10.1. The highest BCUT2D eigenvalue weighted by Crippen LogP contribution is 2.35. The SMILES string of the molecule is COc1cc(OC)c(C(=O)O[C@@H]2CCCC2=O)cc1OC. The van der Waals surface area contributed by atoms with Crippen LogP contribution in [0.1, 0.15) is 29.6 Å². The third kappa shape index (κ3) is 3.09. The fourth-order valence-corrected chi connectivity index (χ4v) is 2.29. The van der Waals surface area contributed by atoms with Crippen LogP contribution in [0.3, 0.4) is 0 Å². The maximum absolute atomic E-state index is 12.2. The first-order valence-corrected chi connectivity index (χ1v) is 6.64. The Hall–Kier alpha value is -2.24. The molecule has 0 N–H and O–H groups in total. The zero-order valence-corrected chi connectivity index (χ0v) is 12.3. The molecule has 1 fully saturated rings. The Morgan fingerprint density at radius 1 is 1.05 bits per heavy atom. The monoisotopic (exact) mass is 294 g/mol. The lowest BCUT2D eigenvalue weighted by molar-refractivity contribution is -0.124. The number of Topliss-reactive ketones (excluding diaryl/α,β-unsaturated/α-hetero) is 1. The minimum Gasteiger partial charge on any atom is -0.496 e. The van der Waals surface area contributed by atoms with Crippen molar-refractivity contribution in [1.29, 1.82) is 0 Å². The molecule has 1 aliphatic carbocycles. The van der Waals surface area contributed by atoms with Gasteiger partial charge in [0.05, 0.1) is 21.3 Å². The maximum Gasteiger partial charge on any atom is 0.342 e. The number of rotatable bonds is 5. The molecule has 0 spiro atoms. The summed E-state index contributed by atoms with van der Waals surface area (Å²) in [4.78, 5) is 23.8.